The van der Waals surface area contributed by atoms with E-state index in [1.165, 1.54) is 29.3 Å². The number of carbonyl (C=O) groups excluding carboxylic acids is 2. The van der Waals surface area contributed by atoms with E-state index in [1.54, 1.807) is 29.8 Å². The van der Waals surface area contributed by atoms with Gasteiger partial charge in [0.1, 0.15) is 5.69 Å². The van der Waals surface area contributed by atoms with Gasteiger partial charge in [-0.3, -0.25) is 24.6 Å². The number of aromatic nitrogens is 2. The van der Waals surface area contributed by atoms with Gasteiger partial charge < -0.3 is 10.6 Å². The van der Waals surface area contributed by atoms with Crippen LogP contribution in [0.3, 0.4) is 0 Å². The average Bonchev–Trinajstić information content (AvgIpc) is 3.37. The first-order chi connectivity index (χ1) is 19.5. The van der Waals surface area contributed by atoms with Crippen LogP contribution in [0.2, 0.25) is 0 Å². The Hall–Kier alpha value is -4.72. The fourth-order valence-corrected chi connectivity index (χ4v) is 4.37. The molecule has 10 nitrogen and oxygen atoms in total. The molecule has 0 bridgehead atoms. The molecule has 2 N–H and O–H groups in total. The zero-order chi connectivity index (χ0) is 29.7. The highest BCUT2D eigenvalue weighted by molar-refractivity contribution is 9.10. The van der Waals surface area contributed by atoms with Gasteiger partial charge in [0.15, 0.2) is 12.0 Å². The van der Waals surface area contributed by atoms with Gasteiger partial charge in [-0.1, -0.05) is 46.3 Å². The number of likely N-dealkylation sites (N-methyl/N-ethyl adjacent to an activating group) is 1. The lowest BCUT2D eigenvalue weighted by Gasteiger charge is -2.33. The van der Waals surface area contributed by atoms with Crippen LogP contribution in [0.25, 0.3) is 5.69 Å². The van der Waals surface area contributed by atoms with Crippen LogP contribution in [0.15, 0.2) is 89.5 Å². The quantitative estimate of drug-likeness (QED) is 0.213. The number of halogens is 4. The summed E-state index contributed by atoms with van der Waals surface area (Å²) in [5.41, 5.74) is 0.215. The second-order valence-electron chi connectivity index (χ2n) is 8.58. The zero-order valence-electron chi connectivity index (χ0n) is 21.3. The van der Waals surface area contributed by atoms with Crippen LogP contribution in [0.4, 0.5) is 30.4 Å². The SMILES string of the molecule is CCN1C(=O)C(NC(=O)c2cccc(C(F)(F)F)c2)Nc2cnn(-c3cccc(Br)c3)c21.O=[N+]([O-])c1ccccc1. The van der Waals surface area contributed by atoms with Crippen molar-refractivity contribution in [1.29, 1.82) is 0 Å². The van der Waals surface area contributed by atoms with Gasteiger partial charge in [0.2, 0.25) is 0 Å². The number of hydrogen-bond donors (Lipinski definition) is 2. The summed E-state index contributed by atoms with van der Waals surface area (Å²) >= 11 is 3.41. The first-order valence-corrected chi connectivity index (χ1v) is 12.9. The largest absolute Gasteiger partial charge is 0.416 e. The number of carbonyl (C=O) groups is 2. The van der Waals surface area contributed by atoms with Crippen LogP contribution in [-0.4, -0.2) is 39.2 Å². The minimum Gasteiger partial charge on any atom is -0.353 e. The summed E-state index contributed by atoms with van der Waals surface area (Å²) in [6.45, 7) is 2.07. The fraction of sp³-hybridized carbons (Fsp3) is 0.148. The Labute approximate surface area is 240 Å². The number of rotatable bonds is 5. The molecule has 41 heavy (non-hydrogen) atoms. The Bertz CT molecular complexity index is 1580. The molecular weight excluding hydrogens is 609 g/mol. The molecule has 5 rings (SSSR count). The number of amides is 2. The highest BCUT2D eigenvalue weighted by Gasteiger charge is 2.36. The lowest BCUT2D eigenvalue weighted by Crippen LogP contribution is -2.56. The number of nitro groups is 1. The Morgan fingerprint density at radius 2 is 1.80 bits per heavy atom. The summed E-state index contributed by atoms with van der Waals surface area (Å²) in [4.78, 5) is 36.7. The Balaban J connectivity index is 0.000000367. The molecule has 2 amide bonds. The number of non-ortho nitro benzene ring substituents is 1. The minimum atomic E-state index is -4.58. The first-order valence-electron chi connectivity index (χ1n) is 12.1. The second-order valence-corrected chi connectivity index (χ2v) is 9.49. The van der Waals surface area contributed by atoms with Crippen molar-refractivity contribution in [2.45, 2.75) is 19.3 Å². The third kappa shape index (κ3) is 6.72. The first kappa shape index (κ1) is 29.3. The third-order valence-corrected chi connectivity index (χ3v) is 6.37. The van der Waals surface area contributed by atoms with Crippen molar-refractivity contribution in [3.8, 4) is 5.69 Å². The van der Waals surface area contributed by atoms with Crippen molar-refractivity contribution < 1.29 is 27.7 Å². The summed E-state index contributed by atoms with van der Waals surface area (Å²) in [5, 5.41) is 19.8. The maximum absolute atomic E-state index is 13.1. The number of alkyl halides is 3. The Morgan fingerprint density at radius 3 is 2.41 bits per heavy atom. The maximum atomic E-state index is 13.1. The molecular formula is C27H22BrF3N6O4. The van der Waals surface area contributed by atoms with Gasteiger partial charge in [-0.15, -0.1) is 0 Å². The normalized spacial score (nSPS) is 14.3. The Kier molecular flexibility index (Phi) is 8.71. The van der Waals surface area contributed by atoms with E-state index in [9.17, 15) is 32.9 Å². The lowest BCUT2D eigenvalue weighted by molar-refractivity contribution is -0.384. The average molecular weight is 631 g/mol. The maximum Gasteiger partial charge on any atom is 0.416 e. The molecule has 14 heteroatoms. The fourth-order valence-electron chi connectivity index (χ4n) is 3.98. The van der Waals surface area contributed by atoms with E-state index in [1.807, 2.05) is 24.3 Å². The molecule has 4 aromatic rings. The van der Waals surface area contributed by atoms with Gasteiger partial charge in [0.05, 0.1) is 22.4 Å². The van der Waals surface area contributed by atoms with Gasteiger partial charge in [-0.25, -0.2) is 4.68 Å². The van der Waals surface area contributed by atoms with Crippen LogP contribution in [0.5, 0.6) is 0 Å². The number of fused-ring (bicyclic) bond motifs is 1. The van der Waals surface area contributed by atoms with Crippen LogP contribution in [0.1, 0.15) is 22.8 Å². The van der Waals surface area contributed by atoms with Crippen LogP contribution in [0, 0.1) is 10.1 Å². The van der Waals surface area contributed by atoms with Crippen LogP contribution < -0.4 is 15.5 Å². The van der Waals surface area contributed by atoms with Gasteiger partial charge in [0.25, 0.3) is 17.5 Å². The van der Waals surface area contributed by atoms with Gasteiger partial charge in [-0.2, -0.15) is 18.3 Å². The van der Waals surface area contributed by atoms with Gasteiger partial charge in [-0.05, 0) is 43.3 Å². The molecule has 1 unspecified atom stereocenters. The zero-order valence-corrected chi connectivity index (χ0v) is 22.9. The predicted octanol–water partition coefficient (Wildman–Crippen LogP) is 5.78. The molecule has 0 spiro atoms. The number of hydrogen-bond acceptors (Lipinski definition) is 6. The molecule has 1 aliphatic heterocycles. The minimum absolute atomic E-state index is 0.137. The standard InChI is InChI=1S/C21H17BrF3N5O2.C6H5NO2/c1-2-29-19-16(11-26-30(19)15-8-4-7-14(22)10-15)27-17(20(29)32)28-18(31)12-5-3-6-13(9-12)21(23,24)25;8-7(9)6-4-2-1-3-5-6/h3-11,17,27H,2H2,1H3,(H,28,31);1-5H. The molecule has 1 aromatic heterocycles. The van der Waals surface area contributed by atoms with Gasteiger partial charge >= 0.3 is 6.18 Å². The van der Waals surface area contributed by atoms with E-state index >= 15 is 0 Å². The molecule has 3 aromatic carbocycles. The number of anilines is 2. The molecule has 0 fully saturated rings. The topological polar surface area (TPSA) is 122 Å². The molecule has 0 saturated carbocycles. The molecule has 2 heterocycles. The molecule has 0 aliphatic carbocycles. The number of nitro benzene ring substituents is 1. The van der Waals surface area contributed by atoms with Crippen molar-refractivity contribution in [2.24, 2.45) is 0 Å². The summed E-state index contributed by atoms with van der Waals surface area (Å²) in [5.74, 6) is -0.766. The van der Waals surface area contributed by atoms with Crippen molar-refractivity contribution in [1.82, 2.24) is 15.1 Å². The predicted molar refractivity (Wildman–Crippen MR) is 149 cm³/mol. The molecule has 0 radical (unpaired) electrons. The van der Waals surface area contributed by atoms with E-state index in [4.69, 9.17) is 0 Å². The second kappa shape index (κ2) is 12.2. The number of para-hydroxylation sites is 1. The van der Waals surface area contributed by atoms with E-state index in [0.717, 1.165) is 28.4 Å². The van der Waals surface area contributed by atoms with Crippen molar-refractivity contribution in [3.63, 3.8) is 0 Å². The number of nitrogens with zero attached hydrogens (tertiary/aromatic N) is 4. The van der Waals surface area contributed by atoms with E-state index < -0.39 is 34.6 Å². The van der Waals surface area contributed by atoms with Crippen LogP contribution in [-0.2, 0) is 11.0 Å². The van der Waals surface area contributed by atoms with Crippen LogP contribution >= 0.6 is 15.9 Å². The summed E-state index contributed by atoms with van der Waals surface area (Å²) < 4.78 is 41.3. The smallest absolute Gasteiger partial charge is 0.353 e. The third-order valence-electron chi connectivity index (χ3n) is 5.88. The number of nitrogens with one attached hydrogen (secondary N) is 2. The highest BCUT2D eigenvalue weighted by Crippen LogP contribution is 2.34. The van der Waals surface area contributed by atoms with E-state index in [2.05, 4.69) is 31.7 Å². The molecule has 212 valence electrons. The Morgan fingerprint density at radius 1 is 1.10 bits per heavy atom. The van der Waals surface area contributed by atoms with Gasteiger partial charge in [0, 0.05) is 28.7 Å². The highest BCUT2D eigenvalue weighted by atomic mass is 79.9. The molecule has 1 atom stereocenters. The molecule has 1 aliphatic rings. The molecule has 0 saturated heterocycles. The number of benzene rings is 3. The van der Waals surface area contributed by atoms with Crippen molar-refractivity contribution in [3.05, 3.63) is 111 Å². The summed E-state index contributed by atoms with van der Waals surface area (Å²) in [7, 11) is 0. The lowest BCUT2D eigenvalue weighted by atomic mass is 10.1. The van der Waals surface area contributed by atoms with E-state index in [0.29, 0.717) is 18.1 Å². The monoisotopic (exact) mass is 630 g/mol. The summed E-state index contributed by atoms with van der Waals surface area (Å²) in [6, 6.07) is 19.3. The van der Waals surface area contributed by atoms with Crippen molar-refractivity contribution in [2.75, 3.05) is 16.8 Å². The van der Waals surface area contributed by atoms with E-state index in [-0.39, 0.29) is 11.3 Å². The van der Waals surface area contributed by atoms with Crippen molar-refractivity contribution >= 4 is 44.9 Å². The summed E-state index contributed by atoms with van der Waals surface area (Å²) in [6.07, 6.45) is -4.22.